The highest BCUT2D eigenvalue weighted by Crippen LogP contribution is 2.30. The molecule has 1 N–H and O–H groups in total. The number of para-hydroxylation sites is 2. The number of aromatic nitrogens is 2. The van der Waals surface area contributed by atoms with Crippen molar-refractivity contribution >= 4 is 17.7 Å². The molecule has 1 aromatic heterocycles. The standard InChI is InChI=1S/C21H21N3O4S/c1-13-7-14(2)9-15(8-13)20-23-24-21(28-20)29-12-19(25)22-10-16-11-26-17-5-3-4-6-18(17)27-16/h3-9,16H,10-12H2,1-2H3,(H,22,25)/t16-/m0/s1. The SMILES string of the molecule is Cc1cc(C)cc(-c2nnc(SCC(=O)NC[C@H]3COc4ccccc4O3)o2)c1. The first-order chi connectivity index (χ1) is 14.1. The molecule has 150 valence electrons. The van der Waals surface area contributed by atoms with E-state index in [9.17, 15) is 4.79 Å². The van der Waals surface area contributed by atoms with E-state index in [1.54, 1.807) is 0 Å². The van der Waals surface area contributed by atoms with Crippen LogP contribution in [0.25, 0.3) is 11.5 Å². The minimum atomic E-state index is -0.224. The Hall–Kier alpha value is -3.00. The van der Waals surface area contributed by atoms with Crippen molar-refractivity contribution in [2.24, 2.45) is 0 Å². The molecule has 1 aliphatic heterocycles. The van der Waals surface area contributed by atoms with Crippen LogP contribution in [-0.4, -0.2) is 41.1 Å². The summed E-state index contributed by atoms with van der Waals surface area (Å²) in [4.78, 5) is 12.2. The normalized spacial score (nSPS) is 15.2. The Labute approximate surface area is 172 Å². The molecule has 0 saturated heterocycles. The van der Waals surface area contributed by atoms with Gasteiger partial charge in [0, 0.05) is 5.56 Å². The fourth-order valence-electron chi connectivity index (χ4n) is 3.05. The van der Waals surface area contributed by atoms with Crippen LogP contribution in [0, 0.1) is 13.8 Å². The van der Waals surface area contributed by atoms with Crippen molar-refractivity contribution in [1.29, 1.82) is 0 Å². The van der Waals surface area contributed by atoms with Gasteiger partial charge in [-0.25, -0.2) is 0 Å². The van der Waals surface area contributed by atoms with E-state index < -0.39 is 0 Å². The Kier molecular flexibility index (Phi) is 5.71. The summed E-state index contributed by atoms with van der Waals surface area (Å²) in [7, 11) is 0. The topological polar surface area (TPSA) is 86.5 Å². The van der Waals surface area contributed by atoms with Crippen molar-refractivity contribution < 1.29 is 18.7 Å². The lowest BCUT2D eigenvalue weighted by Gasteiger charge is -2.26. The molecule has 3 aromatic rings. The van der Waals surface area contributed by atoms with Gasteiger partial charge in [-0.3, -0.25) is 4.79 Å². The van der Waals surface area contributed by atoms with Crippen LogP contribution in [0.4, 0.5) is 0 Å². The van der Waals surface area contributed by atoms with Gasteiger partial charge in [-0.1, -0.05) is 41.1 Å². The Bertz CT molecular complexity index is 1000. The lowest BCUT2D eigenvalue weighted by atomic mass is 10.1. The molecule has 4 rings (SSSR count). The quantitative estimate of drug-likeness (QED) is 0.622. The third-order valence-electron chi connectivity index (χ3n) is 4.30. The molecule has 1 amide bonds. The molecule has 0 radical (unpaired) electrons. The second kappa shape index (κ2) is 8.57. The molecule has 0 unspecified atom stereocenters. The number of benzene rings is 2. The van der Waals surface area contributed by atoms with Crippen molar-refractivity contribution in [3.8, 4) is 23.0 Å². The number of nitrogens with zero attached hydrogens (tertiary/aromatic N) is 2. The molecular formula is C21H21N3O4S. The number of rotatable bonds is 6. The van der Waals surface area contributed by atoms with Crippen molar-refractivity contribution in [2.75, 3.05) is 18.9 Å². The number of carbonyl (C=O) groups is 1. The lowest BCUT2D eigenvalue weighted by Crippen LogP contribution is -2.41. The molecule has 0 saturated carbocycles. The summed E-state index contributed by atoms with van der Waals surface area (Å²) < 4.78 is 17.2. The third-order valence-corrected chi connectivity index (χ3v) is 5.11. The van der Waals surface area contributed by atoms with Gasteiger partial charge in [0.15, 0.2) is 11.5 Å². The summed E-state index contributed by atoms with van der Waals surface area (Å²) >= 11 is 1.20. The number of nitrogens with one attached hydrogen (secondary N) is 1. The highest BCUT2D eigenvalue weighted by Gasteiger charge is 2.21. The van der Waals surface area contributed by atoms with Gasteiger partial charge < -0.3 is 19.2 Å². The molecule has 0 spiro atoms. The van der Waals surface area contributed by atoms with Crippen LogP contribution in [0.2, 0.25) is 0 Å². The van der Waals surface area contributed by atoms with Crippen LogP contribution in [0.3, 0.4) is 0 Å². The van der Waals surface area contributed by atoms with E-state index in [0.717, 1.165) is 22.4 Å². The van der Waals surface area contributed by atoms with E-state index in [0.29, 0.717) is 30.0 Å². The van der Waals surface area contributed by atoms with Gasteiger partial charge >= 0.3 is 0 Å². The smallest absolute Gasteiger partial charge is 0.277 e. The van der Waals surface area contributed by atoms with Crippen LogP contribution in [0.5, 0.6) is 11.5 Å². The van der Waals surface area contributed by atoms with Crippen LogP contribution in [-0.2, 0) is 4.79 Å². The number of fused-ring (bicyclic) bond motifs is 1. The average Bonchev–Trinajstić information content (AvgIpc) is 3.19. The zero-order valence-electron chi connectivity index (χ0n) is 16.2. The van der Waals surface area contributed by atoms with Gasteiger partial charge in [0.25, 0.3) is 5.22 Å². The first-order valence-electron chi connectivity index (χ1n) is 9.27. The van der Waals surface area contributed by atoms with Crippen molar-refractivity contribution in [3.05, 3.63) is 53.6 Å². The molecule has 0 fully saturated rings. The van der Waals surface area contributed by atoms with Crippen molar-refractivity contribution in [2.45, 2.75) is 25.2 Å². The molecular weight excluding hydrogens is 390 g/mol. The number of amides is 1. The monoisotopic (exact) mass is 411 g/mol. The highest BCUT2D eigenvalue weighted by atomic mass is 32.2. The largest absolute Gasteiger partial charge is 0.486 e. The number of aryl methyl sites for hydroxylation is 2. The van der Waals surface area contributed by atoms with E-state index in [4.69, 9.17) is 13.9 Å². The predicted octanol–water partition coefficient (Wildman–Crippen LogP) is 3.40. The number of carbonyl (C=O) groups excluding carboxylic acids is 1. The number of ether oxygens (including phenoxy) is 2. The van der Waals surface area contributed by atoms with Gasteiger partial charge in [0.05, 0.1) is 12.3 Å². The molecule has 8 heteroatoms. The minimum Gasteiger partial charge on any atom is -0.486 e. The summed E-state index contributed by atoms with van der Waals surface area (Å²) in [5.74, 6) is 1.91. The maximum Gasteiger partial charge on any atom is 0.277 e. The van der Waals surface area contributed by atoms with Crippen LogP contribution in [0.1, 0.15) is 11.1 Å². The maximum absolute atomic E-state index is 12.2. The van der Waals surface area contributed by atoms with Crippen LogP contribution < -0.4 is 14.8 Å². The van der Waals surface area contributed by atoms with Crippen molar-refractivity contribution in [1.82, 2.24) is 15.5 Å². The number of thioether (sulfide) groups is 1. The van der Waals surface area contributed by atoms with Gasteiger partial charge in [-0.05, 0) is 38.1 Å². The van der Waals surface area contributed by atoms with E-state index in [1.165, 1.54) is 11.8 Å². The van der Waals surface area contributed by atoms with Crippen LogP contribution >= 0.6 is 11.8 Å². The van der Waals surface area contributed by atoms with E-state index in [-0.39, 0.29) is 17.8 Å². The predicted molar refractivity (Wildman–Crippen MR) is 109 cm³/mol. The Morgan fingerprint density at radius 2 is 1.90 bits per heavy atom. The minimum absolute atomic E-state index is 0.136. The second-order valence-electron chi connectivity index (χ2n) is 6.84. The summed E-state index contributed by atoms with van der Waals surface area (Å²) in [6.45, 7) is 4.80. The zero-order chi connectivity index (χ0) is 20.2. The van der Waals surface area contributed by atoms with Crippen molar-refractivity contribution in [3.63, 3.8) is 0 Å². The Morgan fingerprint density at radius 3 is 2.69 bits per heavy atom. The number of hydrogen-bond donors (Lipinski definition) is 1. The summed E-state index contributed by atoms with van der Waals surface area (Å²) in [6, 6.07) is 13.6. The summed E-state index contributed by atoms with van der Waals surface area (Å²) in [5, 5.41) is 11.3. The molecule has 29 heavy (non-hydrogen) atoms. The van der Waals surface area contributed by atoms with Crippen LogP contribution in [0.15, 0.2) is 52.1 Å². The molecule has 7 nitrogen and oxygen atoms in total. The highest BCUT2D eigenvalue weighted by molar-refractivity contribution is 7.99. The first kappa shape index (κ1) is 19.3. The van der Waals surface area contributed by atoms with Gasteiger partial charge in [-0.15, -0.1) is 10.2 Å². The summed E-state index contributed by atoms with van der Waals surface area (Å²) in [5.41, 5.74) is 3.13. The molecule has 0 aliphatic carbocycles. The number of hydrogen-bond acceptors (Lipinski definition) is 7. The fourth-order valence-corrected chi connectivity index (χ4v) is 3.65. The molecule has 2 aromatic carbocycles. The van der Waals surface area contributed by atoms with Gasteiger partial charge in [0.2, 0.25) is 11.8 Å². The molecule has 2 heterocycles. The summed E-state index contributed by atoms with van der Waals surface area (Å²) in [6.07, 6.45) is -0.224. The Balaban J connectivity index is 1.26. The third kappa shape index (κ3) is 4.89. The van der Waals surface area contributed by atoms with E-state index in [2.05, 4.69) is 21.6 Å². The lowest BCUT2D eigenvalue weighted by molar-refractivity contribution is -0.119. The zero-order valence-corrected chi connectivity index (χ0v) is 17.0. The maximum atomic E-state index is 12.2. The molecule has 1 aliphatic rings. The molecule has 1 atom stereocenters. The Morgan fingerprint density at radius 1 is 1.14 bits per heavy atom. The van der Waals surface area contributed by atoms with Gasteiger partial charge in [-0.2, -0.15) is 0 Å². The molecule has 0 bridgehead atoms. The van der Waals surface area contributed by atoms with E-state index in [1.807, 2.05) is 50.2 Å². The second-order valence-corrected chi connectivity index (χ2v) is 7.77. The first-order valence-corrected chi connectivity index (χ1v) is 10.3. The van der Waals surface area contributed by atoms with E-state index >= 15 is 0 Å². The average molecular weight is 411 g/mol. The fraction of sp³-hybridized carbons (Fsp3) is 0.286. The van der Waals surface area contributed by atoms with Gasteiger partial charge in [0.1, 0.15) is 12.7 Å².